The van der Waals surface area contributed by atoms with Gasteiger partial charge in [-0.15, -0.1) is 0 Å². The summed E-state index contributed by atoms with van der Waals surface area (Å²) in [5.41, 5.74) is 15.2. The van der Waals surface area contributed by atoms with Gasteiger partial charge in [0.25, 0.3) is 0 Å². The Bertz CT molecular complexity index is 2950. The van der Waals surface area contributed by atoms with Crippen LogP contribution in [0.1, 0.15) is 63.8 Å². The third-order valence-electron chi connectivity index (χ3n) is 11.0. The van der Waals surface area contributed by atoms with E-state index in [4.69, 9.17) is 9.97 Å². The molecular formula is C50H46N4O. The van der Waals surface area contributed by atoms with Gasteiger partial charge in [-0.25, -0.2) is 9.97 Å². The SMILES string of the molecule is Cc1cc(C)cc(-c2cc(-c3cccc4c3nc(-c3cc(C(C)(C)C)cc5c3[nH]c3ccc(C(C)(C)C)cc35)n4-c3ccccc3)nc3c(O)cccc23)c1. The van der Waals surface area contributed by atoms with Gasteiger partial charge in [0.05, 0.1) is 22.2 Å². The Hall–Kier alpha value is -6.20. The van der Waals surface area contributed by atoms with Crippen LogP contribution in [-0.2, 0) is 10.8 Å². The van der Waals surface area contributed by atoms with E-state index in [0.717, 1.165) is 66.9 Å². The van der Waals surface area contributed by atoms with E-state index < -0.39 is 0 Å². The summed E-state index contributed by atoms with van der Waals surface area (Å²) in [5.74, 6) is 1.01. The van der Waals surface area contributed by atoms with Crippen LogP contribution in [0.15, 0.2) is 121 Å². The largest absolute Gasteiger partial charge is 0.506 e. The maximum absolute atomic E-state index is 11.2. The molecule has 0 bridgehead atoms. The highest BCUT2D eigenvalue weighted by atomic mass is 16.3. The van der Waals surface area contributed by atoms with E-state index in [0.29, 0.717) is 5.52 Å². The van der Waals surface area contributed by atoms with E-state index >= 15 is 0 Å². The average molecular weight is 719 g/mol. The number of nitrogens with zero attached hydrogens (tertiary/aromatic N) is 3. The van der Waals surface area contributed by atoms with Gasteiger partial charge in [0.15, 0.2) is 0 Å². The first kappa shape index (κ1) is 34.6. The van der Waals surface area contributed by atoms with Crippen molar-refractivity contribution in [2.75, 3.05) is 0 Å². The first-order valence-electron chi connectivity index (χ1n) is 19.1. The summed E-state index contributed by atoms with van der Waals surface area (Å²) in [7, 11) is 0. The van der Waals surface area contributed by atoms with Crippen LogP contribution in [-0.4, -0.2) is 24.6 Å². The molecule has 55 heavy (non-hydrogen) atoms. The minimum atomic E-state index is -0.107. The number of hydrogen-bond donors (Lipinski definition) is 2. The van der Waals surface area contributed by atoms with Crippen molar-refractivity contribution >= 4 is 43.7 Å². The van der Waals surface area contributed by atoms with Crippen molar-refractivity contribution in [3.8, 4) is 45.2 Å². The molecule has 6 aromatic carbocycles. The number of rotatable bonds is 4. The van der Waals surface area contributed by atoms with Crippen LogP contribution in [0.4, 0.5) is 0 Å². The van der Waals surface area contributed by atoms with Crippen molar-refractivity contribution < 1.29 is 5.11 Å². The fraction of sp³-hybridized carbons (Fsp3) is 0.200. The molecule has 0 atom stereocenters. The van der Waals surface area contributed by atoms with Crippen molar-refractivity contribution in [2.24, 2.45) is 0 Å². The second-order valence-electron chi connectivity index (χ2n) is 17.2. The topological polar surface area (TPSA) is 66.7 Å². The van der Waals surface area contributed by atoms with E-state index in [2.05, 4.69) is 168 Å². The number of H-pyrrole nitrogens is 1. The Morgan fingerprint density at radius 2 is 1.27 bits per heavy atom. The molecule has 9 rings (SSSR count). The quantitative estimate of drug-likeness (QED) is 0.190. The molecule has 5 heteroatoms. The zero-order valence-corrected chi connectivity index (χ0v) is 32.8. The van der Waals surface area contributed by atoms with Crippen LogP contribution >= 0.6 is 0 Å². The van der Waals surface area contributed by atoms with Crippen molar-refractivity contribution in [3.05, 3.63) is 144 Å². The lowest BCUT2D eigenvalue weighted by Gasteiger charge is -2.21. The molecule has 0 unspecified atom stereocenters. The van der Waals surface area contributed by atoms with Crippen LogP contribution in [0.25, 0.3) is 83.2 Å². The van der Waals surface area contributed by atoms with Crippen LogP contribution < -0.4 is 0 Å². The number of para-hydroxylation sites is 3. The number of imidazole rings is 1. The lowest BCUT2D eigenvalue weighted by molar-refractivity contribution is 0.480. The summed E-state index contributed by atoms with van der Waals surface area (Å²) in [6, 6.07) is 42.8. The number of pyridine rings is 1. The third-order valence-corrected chi connectivity index (χ3v) is 11.0. The van der Waals surface area contributed by atoms with E-state index in [1.54, 1.807) is 6.07 Å². The van der Waals surface area contributed by atoms with E-state index in [9.17, 15) is 5.11 Å². The molecule has 0 saturated carbocycles. The first-order valence-corrected chi connectivity index (χ1v) is 19.1. The molecule has 0 aliphatic heterocycles. The zero-order chi connectivity index (χ0) is 38.4. The molecule has 5 nitrogen and oxygen atoms in total. The minimum absolute atomic E-state index is 0.0194. The molecule has 3 aromatic heterocycles. The smallest absolute Gasteiger partial charge is 0.147 e. The van der Waals surface area contributed by atoms with Crippen molar-refractivity contribution in [1.82, 2.24) is 19.5 Å². The zero-order valence-electron chi connectivity index (χ0n) is 32.8. The van der Waals surface area contributed by atoms with E-state index in [1.165, 1.54) is 33.0 Å². The number of phenolic OH excluding ortho intramolecular Hbond substituents is 1. The highest BCUT2D eigenvalue weighted by Gasteiger charge is 2.25. The summed E-state index contributed by atoms with van der Waals surface area (Å²) < 4.78 is 2.29. The van der Waals surface area contributed by atoms with Gasteiger partial charge >= 0.3 is 0 Å². The number of aryl methyl sites for hydroxylation is 2. The van der Waals surface area contributed by atoms with Gasteiger partial charge in [0, 0.05) is 38.5 Å². The molecular weight excluding hydrogens is 673 g/mol. The number of aromatic nitrogens is 4. The molecule has 0 radical (unpaired) electrons. The molecule has 272 valence electrons. The number of fused-ring (bicyclic) bond motifs is 5. The Kier molecular flexibility index (Phi) is 7.81. The summed E-state index contributed by atoms with van der Waals surface area (Å²) in [4.78, 5) is 14.6. The van der Waals surface area contributed by atoms with Gasteiger partial charge in [-0.3, -0.25) is 4.57 Å². The molecule has 0 aliphatic carbocycles. The van der Waals surface area contributed by atoms with Gasteiger partial charge in [-0.2, -0.15) is 0 Å². The van der Waals surface area contributed by atoms with Gasteiger partial charge in [0.1, 0.15) is 17.1 Å². The highest BCUT2D eigenvalue weighted by Crippen LogP contribution is 2.43. The second kappa shape index (κ2) is 12.4. The van der Waals surface area contributed by atoms with Crippen molar-refractivity contribution in [2.45, 2.75) is 66.2 Å². The Morgan fingerprint density at radius 3 is 2.00 bits per heavy atom. The summed E-state index contributed by atoms with van der Waals surface area (Å²) >= 11 is 0. The molecule has 0 amide bonds. The number of nitrogens with one attached hydrogen (secondary N) is 1. The Balaban J connectivity index is 1.37. The van der Waals surface area contributed by atoms with Crippen LogP contribution in [0.5, 0.6) is 5.75 Å². The molecule has 9 aromatic rings. The predicted molar refractivity (Wildman–Crippen MR) is 231 cm³/mol. The predicted octanol–water partition coefficient (Wildman–Crippen LogP) is 13.1. The summed E-state index contributed by atoms with van der Waals surface area (Å²) in [6.07, 6.45) is 0. The molecule has 3 heterocycles. The van der Waals surface area contributed by atoms with Crippen LogP contribution in [0.2, 0.25) is 0 Å². The maximum Gasteiger partial charge on any atom is 0.147 e. The highest BCUT2D eigenvalue weighted by molar-refractivity contribution is 6.13. The minimum Gasteiger partial charge on any atom is -0.506 e. The molecule has 2 N–H and O–H groups in total. The van der Waals surface area contributed by atoms with E-state index in [-0.39, 0.29) is 16.6 Å². The van der Waals surface area contributed by atoms with Crippen LogP contribution in [0.3, 0.4) is 0 Å². The Labute approximate surface area is 322 Å². The monoisotopic (exact) mass is 718 g/mol. The number of aromatic amines is 1. The summed E-state index contributed by atoms with van der Waals surface area (Å²) in [5, 5.41) is 14.5. The fourth-order valence-corrected chi connectivity index (χ4v) is 8.14. The van der Waals surface area contributed by atoms with Crippen LogP contribution in [0, 0.1) is 13.8 Å². The lowest BCUT2D eigenvalue weighted by atomic mass is 9.84. The number of aromatic hydroxyl groups is 1. The number of hydrogen-bond acceptors (Lipinski definition) is 3. The number of benzene rings is 6. The van der Waals surface area contributed by atoms with Crippen molar-refractivity contribution in [1.29, 1.82) is 0 Å². The maximum atomic E-state index is 11.2. The van der Waals surface area contributed by atoms with E-state index in [1.807, 2.05) is 12.1 Å². The van der Waals surface area contributed by atoms with Gasteiger partial charge < -0.3 is 10.1 Å². The average Bonchev–Trinajstić information content (AvgIpc) is 3.72. The molecule has 0 saturated heterocycles. The normalized spacial score (nSPS) is 12.4. The first-order chi connectivity index (χ1) is 26.2. The molecule has 0 fully saturated rings. The third kappa shape index (κ3) is 5.86. The standard InChI is InChI=1S/C50H46N4O/c1-29-22-30(2)24-31(23-29)37-28-42(52-47-35(37)16-13-19-44(47)55)36-17-12-18-43-46(36)53-48(54(43)34-14-10-9-11-15-34)40-27-33(50(6,7)8)26-39-38-25-32(49(3,4)5)20-21-41(38)51-45(39)40/h9-28,51,55H,1-8H3. The number of phenols is 1. The van der Waals surface area contributed by atoms with Crippen molar-refractivity contribution in [3.63, 3.8) is 0 Å². The molecule has 0 spiro atoms. The summed E-state index contributed by atoms with van der Waals surface area (Å²) in [6.45, 7) is 17.9. The second-order valence-corrected chi connectivity index (χ2v) is 17.2. The van der Waals surface area contributed by atoms with Gasteiger partial charge in [-0.1, -0.05) is 119 Å². The van der Waals surface area contributed by atoms with Gasteiger partial charge in [0.2, 0.25) is 0 Å². The van der Waals surface area contributed by atoms with Gasteiger partial charge in [-0.05, 0) is 102 Å². The fourth-order valence-electron chi connectivity index (χ4n) is 8.14. The molecule has 0 aliphatic rings. The lowest BCUT2D eigenvalue weighted by Crippen LogP contribution is -2.11. The Morgan fingerprint density at radius 1 is 0.564 bits per heavy atom.